The Hall–Kier alpha value is -1.36. The fourth-order valence-electron chi connectivity index (χ4n) is 0.607. The molecule has 13 heavy (non-hydrogen) atoms. The Morgan fingerprint density at radius 3 is 2.92 bits per heavy atom. The van der Waals surface area contributed by atoms with Crippen molar-refractivity contribution in [3.05, 3.63) is 17.5 Å². The summed E-state index contributed by atoms with van der Waals surface area (Å²) >= 11 is 5.61. The lowest BCUT2D eigenvalue weighted by Crippen LogP contribution is -2.09. The van der Waals surface area contributed by atoms with Crippen molar-refractivity contribution in [3.63, 3.8) is 0 Å². The van der Waals surface area contributed by atoms with Crippen LogP contribution in [-0.2, 0) is 0 Å². The van der Waals surface area contributed by atoms with Gasteiger partial charge in [-0.15, -0.1) is 0 Å². The normalized spacial score (nSPS) is 10.4. The number of rotatable bonds is 3. The predicted octanol–water partition coefficient (Wildman–Crippen LogP) is 1.05. The lowest BCUT2D eigenvalue weighted by Gasteiger charge is -2.02. The molecule has 1 heterocycles. The largest absolute Gasteiger partial charge is 0.367 e. The number of hydrazone groups is 1. The minimum Gasteiger partial charge on any atom is -0.367 e. The first-order chi connectivity index (χ1) is 6.18. The van der Waals surface area contributed by atoms with Gasteiger partial charge in [-0.05, 0) is 0 Å². The fourth-order valence-corrected chi connectivity index (χ4v) is 0.754. The van der Waals surface area contributed by atoms with E-state index in [4.69, 9.17) is 11.6 Å². The molecule has 0 spiro atoms. The fraction of sp³-hybridized carbons (Fsp3) is 0.286. The van der Waals surface area contributed by atoms with Gasteiger partial charge in [-0.25, -0.2) is 4.98 Å². The Bertz CT molecular complexity index is 299. The van der Waals surface area contributed by atoms with Crippen LogP contribution >= 0.6 is 11.6 Å². The molecule has 0 fully saturated rings. The SMILES string of the molecule is CN(C)/C=N\Nc1cncc(Cl)n1. The molecule has 6 heteroatoms. The monoisotopic (exact) mass is 199 g/mol. The van der Waals surface area contributed by atoms with Crippen molar-refractivity contribution in [2.24, 2.45) is 5.10 Å². The Morgan fingerprint density at radius 2 is 2.31 bits per heavy atom. The molecule has 0 radical (unpaired) electrons. The highest BCUT2D eigenvalue weighted by Gasteiger charge is 1.92. The summed E-state index contributed by atoms with van der Waals surface area (Å²) in [4.78, 5) is 9.56. The summed E-state index contributed by atoms with van der Waals surface area (Å²) in [6.45, 7) is 0. The number of nitrogens with one attached hydrogen (secondary N) is 1. The van der Waals surface area contributed by atoms with E-state index in [1.165, 1.54) is 6.20 Å². The maximum atomic E-state index is 5.61. The summed E-state index contributed by atoms with van der Waals surface area (Å²) < 4.78 is 0. The zero-order chi connectivity index (χ0) is 9.68. The lowest BCUT2D eigenvalue weighted by atomic mass is 10.7. The molecule has 5 nitrogen and oxygen atoms in total. The Morgan fingerprint density at radius 1 is 1.54 bits per heavy atom. The Balaban J connectivity index is 2.55. The first kappa shape index (κ1) is 9.73. The zero-order valence-corrected chi connectivity index (χ0v) is 8.15. The van der Waals surface area contributed by atoms with Gasteiger partial charge in [0.15, 0.2) is 5.82 Å². The van der Waals surface area contributed by atoms with Gasteiger partial charge in [-0.3, -0.25) is 10.4 Å². The maximum absolute atomic E-state index is 5.61. The molecule has 0 aromatic carbocycles. The topological polar surface area (TPSA) is 53.4 Å². The zero-order valence-electron chi connectivity index (χ0n) is 7.40. The van der Waals surface area contributed by atoms with E-state index in [9.17, 15) is 0 Å². The molecule has 1 rings (SSSR count). The average molecular weight is 200 g/mol. The van der Waals surface area contributed by atoms with Gasteiger partial charge in [0.1, 0.15) is 11.5 Å². The van der Waals surface area contributed by atoms with Crippen LogP contribution in [0.2, 0.25) is 5.15 Å². The number of halogens is 1. The van der Waals surface area contributed by atoms with Gasteiger partial charge >= 0.3 is 0 Å². The highest BCUT2D eigenvalue weighted by molar-refractivity contribution is 6.29. The summed E-state index contributed by atoms with van der Waals surface area (Å²) in [5.74, 6) is 0.519. The molecule has 0 unspecified atom stereocenters. The van der Waals surface area contributed by atoms with Crippen LogP contribution < -0.4 is 5.43 Å². The van der Waals surface area contributed by atoms with Gasteiger partial charge in [0.25, 0.3) is 0 Å². The maximum Gasteiger partial charge on any atom is 0.166 e. The third kappa shape index (κ3) is 3.71. The average Bonchev–Trinajstić information content (AvgIpc) is 2.03. The number of nitrogens with zero attached hydrogens (tertiary/aromatic N) is 4. The second-order valence-electron chi connectivity index (χ2n) is 2.55. The molecule has 0 saturated heterocycles. The third-order valence-corrected chi connectivity index (χ3v) is 1.26. The van der Waals surface area contributed by atoms with E-state index in [2.05, 4.69) is 20.5 Å². The van der Waals surface area contributed by atoms with Crippen molar-refractivity contribution in [1.29, 1.82) is 0 Å². The van der Waals surface area contributed by atoms with Crippen LogP contribution in [0.25, 0.3) is 0 Å². The van der Waals surface area contributed by atoms with Crippen LogP contribution in [0.3, 0.4) is 0 Å². The molecule has 0 aliphatic heterocycles. The van der Waals surface area contributed by atoms with Crippen molar-refractivity contribution >= 4 is 23.8 Å². The van der Waals surface area contributed by atoms with Gasteiger partial charge in [0.2, 0.25) is 0 Å². The molecule has 0 aliphatic rings. The van der Waals surface area contributed by atoms with E-state index in [0.717, 1.165) is 0 Å². The second kappa shape index (κ2) is 4.61. The highest BCUT2D eigenvalue weighted by Crippen LogP contribution is 2.05. The summed E-state index contributed by atoms with van der Waals surface area (Å²) in [7, 11) is 3.74. The van der Waals surface area contributed by atoms with Gasteiger partial charge < -0.3 is 4.90 Å². The number of aromatic nitrogens is 2. The van der Waals surface area contributed by atoms with Crippen LogP contribution in [0.4, 0.5) is 5.82 Å². The van der Waals surface area contributed by atoms with Crippen LogP contribution in [0, 0.1) is 0 Å². The molecule has 1 N–H and O–H groups in total. The van der Waals surface area contributed by atoms with Crippen LogP contribution in [0.5, 0.6) is 0 Å². The van der Waals surface area contributed by atoms with Gasteiger partial charge in [0, 0.05) is 14.1 Å². The molecule has 1 aromatic rings. The van der Waals surface area contributed by atoms with E-state index < -0.39 is 0 Å². The number of hydrogen-bond donors (Lipinski definition) is 1. The first-order valence-electron chi connectivity index (χ1n) is 3.61. The molecule has 1 aromatic heterocycles. The standard InChI is InChI=1S/C7H10ClN5/c1-13(2)5-10-12-7-4-9-3-6(8)11-7/h3-5H,1-2H3,(H,11,12)/b10-5-. The van der Waals surface area contributed by atoms with E-state index >= 15 is 0 Å². The molecular weight excluding hydrogens is 190 g/mol. The van der Waals surface area contributed by atoms with Crippen molar-refractivity contribution in [2.45, 2.75) is 0 Å². The molecule has 0 bridgehead atoms. The van der Waals surface area contributed by atoms with Crippen molar-refractivity contribution in [1.82, 2.24) is 14.9 Å². The molecule has 70 valence electrons. The van der Waals surface area contributed by atoms with E-state index in [1.807, 2.05) is 14.1 Å². The number of anilines is 1. The van der Waals surface area contributed by atoms with Crippen molar-refractivity contribution in [2.75, 3.05) is 19.5 Å². The minimum absolute atomic E-state index is 0.338. The van der Waals surface area contributed by atoms with Crippen LogP contribution in [0.1, 0.15) is 0 Å². The third-order valence-electron chi connectivity index (χ3n) is 1.07. The van der Waals surface area contributed by atoms with E-state index in [1.54, 1.807) is 17.4 Å². The van der Waals surface area contributed by atoms with Gasteiger partial charge in [-0.2, -0.15) is 5.10 Å². The van der Waals surface area contributed by atoms with Crippen molar-refractivity contribution in [3.8, 4) is 0 Å². The Labute approximate surface area is 81.4 Å². The molecule has 0 amide bonds. The summed E-state index contributed by atoms with van der Waals surface area (Å²) in [5, 5.41) is 4.21. The second-order valence-corrected chi connectivity index (χ2v) is 2.93. The van der Waals surface area contributed by atoms with E-state index in [0.29, 0.717) is 11.0 Å². The lowest BCUT2D eigenvalue weighted by molar-refractivity contribution is 0.641. The van der Waals surface area contributed by atoms with Crippen LogP contribution in [-0.4, -0.2) is 35.3 Å². The quantitative estimate of drug-likeness (QED) is 0.449. The highest BCUT2D eigenvalue weighted by atomic mass is 35.5. The summed E-state index contributed by atoms with van der Waals surface area (Å²) in [5.41, 5.74) is 2.69. The van der Waals surface area contributed by atoms with Gasteiger partial charge in [-0.1, -0.05) is 11.6 Å². The summed E-state index contributed by atoms with van der Waals surface area (Å²) in [6.07, 6.45) is 4.61. The Kier molecular flexibility index (Phi) is 3.45. The smallest absolute Gasteiger partial charge is 0.166 e. The van der Waals surface area contributed by atoms with E-state index in [-0.39, 0.29) is 0 Å². The number of hydrogen-bond acceptors (Lipinski definition) is 4. The first-order valence-corrected chi connectivity index (χ1v) is 3.99. The minimum atomic E-state index is 0.338. The predicted molar refractivity (Wildman–Crippen MR) is 52.8 cm³/mol. The molecule has 0 atom stereocenters. The van der Waals surface area contributed by atoms with Crippen LogP contribution in [0.15, 0.2) is 17.5 Å². The molecule has 0 saturated carbocycles. The molecular formula is C7H10ClN5. The molecule has 0 aliphatic carbocycles. The van der Waals surface area contributed by atoms with Crippen molar-refractivity contribution < 1.29 is 0 Å². The van der Waals surface area contributed by atoms with Gasteiger partial charge in [0.05, 0.1) is 12.4 Å². The summed E-state index contributed by atoms with van der Waals surface area (Å²) in [6, 6.07) is 0.